The zero-order valence-electron chi connectivity index (χ0n) is 24.0. The molecule has 2 atom stereocenters. The highest BCUT2D eigenvalue weighted by atomic mass is 16.5. The second-order valence-electron chi connectivity index (χ2n) is 11.1. The minimum Gasteiger partial charge on any atom is -0.481 e. The molecule has 216 valence electrons. The number of hydrogen-bond acceptors (Lipinski definition) is 3. The summed E-state index contributed by atoms with van der Waals surface area (Å²) in [6.07, 6.45) is 3.58. The van der Waals surface area contributed by atoms with Crippen molar-refractivity contribution in [3.05, 3.63) is 144 Å². The van der Waals surface area contributed by atoms with E-state index < -0.39 is 11.6 Å². The lowest BCUT2D eigenvalue weighted by molar-refractivity contribution is -0.138. The molecule has 1 saturated heterocycles. The van der Waals surface area contributed by atoms with E-state index in [4.69, 9.17) is 9.84 Å². The second-order valence-corrected chi connectivity index (χ2v) is 11.1. The maximum Gasteiger partial charge on any atom is 0.303 e. The summed E-state index contributed by atoms with van der Waals surface area (Å²) in [5.41, 5.74) is 3.48. The van der Waals surface area contributed by atoms with E-state index in [2.05, 4.69) is 48.5 Å². The monoisotopic (exact) mass is 561 g/mol. The summed E-state index contributed by atoms with van der Waals surface area (Å²) in [5, 5.41) is 9.16. The molecule has 0 saturated carbocycles. The Kier molecular flexibility index (Phi) is 9.83. The van der Waals surface area contributed by atoms with Crippen molar-refractivity contribution in [3.8, 4) is 0 Å². The molecular weight excluding hydrogens is 522 g/mol. The number of likely N-dealkylation sites (tertiary alicyclic amines) is 1. The molecule has 0 spiro atoms. The average molecular weight is 562 g/mol. The van der Waals surface area contributed by atoms with Crippen molar-refractivity contribution < 1.29 is 19.4 Å². The Morgan fingerprint density at radius 3 is 1.76 bits per heavy atom. The van der Waals surface area contributed by atoms with Crippen molar-refractivity contribution in [2.45, 2.75) is 50.2 Å². The fraction of sp³-hybridized carbons (Fsp3) is 0.297. The van der Waals surface area contributed by atoms with E-state index in [1.807, 2.05) is 77.7 Å². The highest BCUT2D eigenvalue weighted by Gasteiger charge is 2.43. The molecule has 0 aliphatic carbocycles. The number of nitrogens with zero attached hydrogens (tertiary/aromatic N) is 1. The summed E-state index contributed by atoms with van der Waals surface area (Å²) in [6.45, 7) is 1.01. The van der Waals surface area contributed by atoms with Crippen LogP contribution in [0.15, 0.2) is 121 Å². The Morgan fingerprint density at radius 2 is 1.26 bits per heavy atom. The summed E-state index contributed by atoms with van der Waals surface area (Å²) in [4.78, 5) is 26.9. The largest absolute Gasteiger partial charge is 0.481 e. The number of ether oxygens (including phenoxy) is 1. The fourth-order valence-corrected chi connectivity index (χ4v) is 6.25. The summed E-state index contributed by atoms with van der Waals surface area (Å²) >= 11 is 0. The van der Waals surface area contributed by atoms with E-state index in [1.165, 1.54) is 5.56 Å². The fourth-order valence-electron chi connectivity index (χ4n) is 6.25. The van der Waals surface area contributed by atoms with Crippen LogP contribution in [-0.4, -0.2) is 41.1 Å². The van der Waals surface area contributed by atoms with Gasteiger partial charge in [0, 0.05) is 18.9 Å². The van der Waals surface area contributed by atoms with Crippen LogP contribution in [0.3, 0.4) is 0 Å². The van der Waals surface area contributed by atoms with Gasteiger partial charge in [0.15, 0.2) is 0 Å². The quantitative estimate of drug-likeness (QED) is 0.167. The summed E-state index contributed by atoms with van der Waals surface area (Å²) in [7, 11) is 0. The second kappa shape index (κ2) is 14.1. The van der Waals surface area contributed by atoms with Crippen molar-refractivity contribution in [2.75, 3.05) is 13.2 Å². The van der Waals surface area contributed by atoms with E-state index in [9.17, 15) is 9.59 Å². The van der Waals surface area contributed by atoms with Gasteiger partial charge < -0.3 is 14.7 Å². The Hall–Kier alpha value is -4.22. The van der Waals surface area contributed by atoms with Crippen LogP contribution < -0.4 is 0 Å². The number of carbonyl (C=O) groups is 2. The van der Waals surface area contributed by atoms with Gasteiger partial charge in [0.1, 0.15) is 5.60 Å². The zero-order chi connectivity index (χ0) is 29.2. The van der Waals surface area contributed by atoms with E-state index in [-0.39, 0.29) is 24.3 Å². The maximum atomic E-state index is 13.7. The number of aliphatic carboxylic acids is 1. The Bertz CT molecular complexity index is 1310. The molecule has 1 heterocycles. The van der Waals surface area contributed by atoms with Crippen molar-refractivity contribution in [2.24, 2.45) is 5.92 Å². The summed E-state index contributed by atoms with van der Waals surface area (Å²) in [6, 6.07) is 41.1. The predicted octanol–water partition coefficient (Wildman–Crippen LogP) is 7.10. The van der Waals surface area contributed by atoms with Crippen LogP contribution in [0.4, 0.5) is 0 Å². The Morgan fingerprint density at radius 1 is 0.762 bits per heavy atom. The molecule has 1 N–H and O–H groups in total. The standard InChI is InChI=1S/C37H39NO4/c39-35(40)25-13-18-30-27-34(38(36(30)41)26-14-17-29-15-5-1-6-16-29)28-42-37(31-19-7-2-8-20-31,32-21-9-3-10-22-32)33-23-11-4-12-24-33/h1-12,15-16,19-24,30,34H,13-14,17-18,25-28H2,(H,39,40)/t30-,34-/m0/s1. The third kappa shape index (κ3) is 6.80. The summed E-state index contributed by atoms with van der Waals surface area (Å²) in [5.74, 6) is -0.889. The average Bonchev–Trinajstić information content (AvgIpc) is 3.33. The summed E-state index contributed by atoms with van der Waals surface area (Å²) < 4.78 is 7.12. The maximum absolute atomic E-state index is 13.7. The smallest absolute Gasteiger partial charge is 0.303 e. The molecule has 1 amide bonds. The molecule has 5 heteroatoms. The van der Waals surface area contributed by atoms with Crippen LogP contribution in [-0.2, 0) is 26.3 Å². The molecular formula is C37H39NO4. The lowest BCUT2D eigenvalue weighted by atomic mass is 9.80. The van der Waals surface area contributed by atoms with Gasteiger partial charge in [-0.1, -0.05) is 121 Å². The van der Waals surface area contributed by atoms with Gasteiger partial charge >= 0.3 is 5.97 Å². The van der Waals surface area contributed by atoms with Crippen molar-refractivity contribution in [3.63, 3.8) is 0 Å². The Balaban J connectivity index is 1.43. The van der Waals surface area contributed by atoms with Crippen molar-refractivity contribution >= 4 is 11.9 Å². The third-order valence-corrected chi connectivity index (χ3v) is 8.31. The highest BCUT2D eigenvalue weighted by molar-refractivity contribution is 5.81. The van der Waals surface area contributed by atoms with Crippen LogP contribution in [0.1, 0.15) is 54.4 Å². The van der Waals surface area contributed by atoms with E-state index in [0.717, 1.165) is 29.5 Å². The number of hydrogen-bond donors (Lipinski definition) is 1. The number of carboxylic acids is 1. The van der Waals surface area contributed by atoms with Gasteiger partial charge in [0.2, 0.25) is 5.91 Å². The molecule has 0 aromatic heterocycles. The van der Waals surface area contributed by atoms with Gasteiger partial charge in [-0.05, 0) is 54.4 Å². The normalized spacial score (nSPS) is 17.0. The molecule has 42 heavy (non-hydrogen) atoms. The number of carbonyl (C=O) groups excluding carboxylic acids is 1. The predicted molar refractivity (Wildman–Crippen MR) is 165 cm³/mol. The molecule has 0 unspecified atom stereocenters. The van der Waals surface area contributed by atoms with E-state index in [1.54, 1.807) is 0 Å². The molecule has 5 rings (SSSR count). The number of benzene rings is 4. The minimum absolute atomic E-state index is 0.0814. The first-order valence-corrected chi connectivity index (χ1v) is 14.9. The third-order valence-electron chi connectivity index (χ3n) is 8.31. The van der Waals surface area contributed by atoms with Crippen molar-refractivity contribution in [1.82, 2.24) is 4.90 Å². The van der Waals surface area contributed by atoms with Gasteiger partial charge in [-0.25, -0.2) is 0 Å². The highest BCUT2D eigenvalue weighted by Crippen LogP contribution is 2.41. The van der Waals surface area contributed by atoms with E-state index >= 15 is 0 Å². The number of rotatable bonds is 14. The lowest BCUT2D eigenvalue weighted by Crippen LogP contribution is -2.41. The molecule has 5 nitrogen and oxygen atoms in total. The Labute approximate surface area is 248 Å². The van der Waals surface area contributed by atoms with Crippen LogP contribution >= 0.6 is 0 Å². The number of carboxylic acid groups (broad SMARTS) is 1. The molecule has 0 bridgehead atoms. The molecule has 1 fully saturated rings. The van der Waals surface area contributed by atoms with Crippen LogP contribution in [0, 0.1) is 5.92 Å². The first kappa shape index (κ1) is 29.3. The zero-order valence-corrected chi connectivity index (χ0v) is 24.0. The van der Waals surface area contributed by atoms with Crippen LogP contribution in [0.25, 0.3) is 0 Å². The van der Waals surface area contributed by atoms with E-state index in [0.29, 0.717) is 32.4 Å². The minimum atomic E-state index is -0.857. The van der Waals surface area contributed by atoms with Crippen molar-refractivity contribution in [1.29, 1.82) is 0 Å². The molecule has 1 aliphatic rings. The van der Waals surface area contributed by atoms with Gasteiger partial charge in [0.25, 0.3) is 0 Å². The van der Waals surface area contributed by atoms with Gasteiger partial charge in [0.05, 0.1) is 12.6 Å². The molecule has 1 aliphatic heterocycles. The first-order chi connectivity index (χ1) is 20.6. The topological polar surface area (TPSA) is 66.8 Å². The number of amides is 1. The number of aryl methyl sites for hydroxylation is 1. The molecule has 4 aromatic rings. The van der Waals surface area contributed by atoms with Crippen LogP contribution in [0.5, 0.6) is 0 Å². The van der Waals surface area contributed by atoms with Crippen LogP contribution in [0.2, 0.25) is 0 Å². The SMILES string of the molecule is O=C(O)CCC[C@H]1C[C@@H](COC(c2ccccc2)(c2ccccc2)c2ccccc2)N(CCCc2ccccc2)C1=O. The molecule has 0 radical (unpaired) electrons. The molecule has 4 aromatic carbocycles. The van der Waals surface area contributed by atoms with Gasteiger partial charge in [-0.2, -0.15) is 0 Å². The lowest BCUT2D eigenvalue weighted by Gasteiger charge is -2.38. The van der Waals surface area contributed by atoms with Gasteiger partial charge in [-0.3, -0.25) is 9.59 Å². The van der Waals surface area contributed by atoms with Gasteiger partial charge in [-0.15, -0.1) is 0 Å². The first-order valence-electron chi connectivity index (χ1n) is 14.9.